The van der Waals surface area contributed by atoms with Crippen LogP contribution in [0.4, 0.5) is 0 Å². The fraction of sp³-hybridized carbons (Fsp3) is 0.467. The highest BCUT2D eigenvalue weighted by Crippen LogP contribution is 2.16. The molecule has 21 heavy (non-hydrogen) atoms. The molecule has 0 aliphatic heterocycles. The molecule has 1 rings (SSSR count). The molecule has 5 nitrogen and oxygen atoms in total. The maximum absolute atomic E-state index is 11.8. The summed E-state index contributed by atoms with van der Waals surface area (Å²) in [4.78, 5) is 23.4. The van der Waals surface area contributed by atoms with Gasteiger partial charge < -0.3 is 14.8 Å². The second kappa shape index (κ2) is 8.52. The fourth-order valence-electron chi connectivity index (χ4n) is 1.77. The molecule has 0 radical (unpaired) electrons. The van der Waals surface area contributed by atoms with E-state index in [0.29, 0.717) is 17.2 Å². The van der Waals surface area contributed by atoms with Gasteiger partial charge in [-0.05, 0) is 30.5 Å². The van der Waals surface area contributed by atoms with E-state index in [0.717, 1.165) is 0 Å². The number of carbonyl (C=O) groups is 2. The van der Waals surface area contributed by atoms with E-state index in [1.54, 1.807) is 24.3 Å². The van der Waals surface area contributed by atoms with Crippen LogP contribution < -0.4 is 10.1 Å². The van der Waals surface area contributed by atoms with Crippen LogP contribution in [0.2, 0.25) is 5.02 Å². The Morgan fingerprint density at radius 3 is 2.62 bits per heavy atom. The van der Waals surface area contributed by atoms with Crippen molar-refractivity contribution in [1.29, 1.82) is 0 Å². The molecule has 0 spiro atoms. The van der Waals surface area contributed by atoms with Crippen molar-refractivity contribution in [3.05, 3.63) is 29.3 Å². The molecule has 1 amide bonds. The lowest BCUT2D eigenvalue weighted by Gasteiger charge is -2.18. The molecule has 6 heteroatoms. The zero-order chi connectivity index (χ0) is 15.8. The Bertz CT molecular complexity index is 490. The van der Waals surface area contributed by atoms with E-state index < -0.39 is 12.0 Å². The van der Waals surface area contributed by atoms with Crippen molar-refractivity contribution < 1.29 is 19.1 Å². The SMILES string of the molecule is COC(=O)[C@@H](CC(C)C)NC(=O)COc1cccc(Cl)c1. The van der Waals surface area contributed by atoms with Crippen LogP contribution in [0.3, 0.4) is 0 Å². The molecule has 1 N–H and O–H groups in total. The lowest BCUT2D eigenvalue weighted by Crippen LogP contribution is -2.44. The first-order chi connectivity index (χ1) is 9.92. The van der Waals surface area contributed by atoms with Crippen molar-refractivity contribution in [3.8, 4) is 5.75 Å². The highest BCUT2D eigenvalue weighted by Gasteiger charge is 2.22. The third-order valence-electron chi connectivity index (χ3n) is 2.69. The van der Waals surface area contributed by atoms with Gasteiger partial charge in [0.2, 0.25) is 0 Å². The Hall–Kier alpha value is -1.75. The Labute approximate surface area is 129 Å². The minimum absolute atomic E-state index is 0.189. The standard InChI is InChI=1S/C15H20ClNO4/c1-10(2)7-13(15(19)20-3)17-14(18)9-21-12-6-4-5-11(16)8-12/h4-6,8,10,13H,7,9H2,1-3H3,(H,17,18)/t13-/m1/s1. The van der Waals surface area contributed by atoms with Crippen LogP contribution in [-0.2, 0) is 14.3 Å². The molecule has 0 bridgehead atoms. The number of esters is 1. The quantitative estimate of drug-likeness (QED) is 0.785. The van der Waals surface area contributed by atoms with Crippen molar-refractivity contribution in [2.75, 3.05) is 13.7 Å². The largest absolute Gasteiger partial charge is 0.484 e. The summed E-state index contributed by atoms with van der Waals surface area (Å²) in [5.74, 6) is -0.0924. The Kier molecular flexibility index (Phi) is 7.02. The van der Waals surface area contributed by atoms with Gasteiger partial charge in [0.05, 0.1) is 7.11 Å². The first kappa shape index (κ1) is 17.3. The van der Waals surface area contributed by atoms with Crippen LogP contribution in [-0.4, -0.2) is 31.6 Å². The van der Waals surface area contributed by atoms with Gasteiger partial charge in [0.15, 0.2) is 6.61 Å². The summed E-state index contributed by atoms with van der Waals surface area (Å²) in [6, 6.07) is 6.09. The maximum Gasteiger partial charge on any atom is 0.328 e. The molecule has 0 aliphatic carbocycles. The average molecular weight is 314 g/mol. The molecule has 116 valence electrons. The number of rotatable bonds is 7. The summed E-state index contributed by atoms with van der Waals surface area (Å²) in [6.45, 7) is 3.74. The molecule has 1 aromatic rings. The van der Waals surface area contributed by atoms with E-state index in [-0.39, 0.29) is 18.4 Å². The van der Waals surface area contributed by atoms with E-state index in [1.807, 2.05) is 13.8 Å². The second-order valence-corrected chi connectivity index (χ2v) is 5.46. The molecule has 0 saturated carbocycles. The third kappa shape index (κ3) is 6.49. The molecule has 0 unspecified atom stereocenters. The van der Waals surface area contributed by atoms with Gasteiger partial charge in [-0.15, -0.1) is 0 Å². The van der Waals surface area contributed by atoms with Gasteiger partial charge >= 0.3 is 5.97 Å². The van der Waals surface area contributed by atoms with Crippen molar-refractivity contribution in [2.24, 2.45) is 5.92 Å². The normalized spacial score (nSPS) is 11.9. The lowest BCUT2D eigenvalue weighted by molar-refractivity contribution is -0.145. The molecule has 0 fully saturated rings. The summed E-state index contributed by atoms with van der Waals surface area (Å²) in [7, 11) is 1.30. The van der Waals surface area contributed by atoms with Gasteiger partial charge in [-0.3, -0.25) is 4.79 Å². The number of carbonyl (C=O) groups excluding carboxylic acids is 2. The van der Waals surface area contributed by atoms with Gasteiger partial charge in [-0.1, -0.05) is 31.5 Å². The number of benzene rings is 1. The molecule has 1 aromatic carbocycles. The first-order valence-corrected chi connectivity index (χ1v) is 7.05. The molecule has 0 saturated heterocycles. The van der Waals surface area contributed by atoms with Crippen LogP contribution >= 0.6 is 11.6 Å². The molecule has 0 aliphatic rings. The summed E-state index contributed by atoms with van der Waals surface area (Å²) in [5.41, 5.74) is 0. The number of hydrogen-bond donors (Lipinski definition) is 1. The molecule has 0 aromatic heterocycles. The van der Waals surface area contributed by atoms with Gasteiger partial charge in [0.1, 0.15) is 11.8 Å². The van der Waals surface area contributed by atoms with Crippen LogP contribution in [0.5, 0.6) is 5.75 Å². The number of amides is 1. The highest BCUT2D eigenvalue weighted by atomic mass is 35.5. The van der Waals surface area contributed by atoms with Gasteiger partial charge in [0.25, 0.3) is 5.91 Å². The average Bonchev–Trinajstić information content (AvgIpc) is 2.43. The second-order valence-electron chi connectivity index (χ2n) is 5.02. The zero-order valence-corrected chi connectivity index (χ0v) is 13.1. The number of methoxy groups -OCH3 is 1. The van der Waals surface area contributed by atoms with E-state index in [1.165, 1.54) is 7.11 Å². The van der Waals surface area contributed by atoms with E-state index >= 15 is 0 Å². The van der Waals surface area contributed by atoms with Crippen LogP contribution in [0.15, 0.2) is 24.3 Å². The number of ether oxygens (including phenoxy) is 2. The number of nitrogens with one attached hydrogen (secondary N) is 1. The van der Waals surface area contributed by atoms with E-state index in [9.17, 15) is 9.59 Å². The van der Waals surface area contributed by atoms with Crippen LogP contribution in [0, 0.1) is 5.92 Å². The van der Waals surface area contributed by atoms with Gasteiger partial charge in [0, 0.05) is 5.02 Å². The Morgan fingerprint density at radius 2 is 2.05 bits per heavy atom. The topological polar surface area (TPSA) is 64.6 Å². The monoisotopic (exact) mass is 313 g/mol. The van der Waals surface area contributed by atoms with Gasteiger partial charge in [-0.25, -0.2) is 4.79 Å². The lowest BCUT2D eigenvalue weighted by atomic mass is 10.0. The molecular weight excluding hydrogens is 294 g/mol. The zero-order valence-electron chi connectivity index (χ0n) is 12.4. The Balaban J connectivity index is 2.51. The maximum atomic E-state index is 11.8. The smallest absolute Gasteiger partial charge is 0.328 e. The van der Waals surface area contributed by atoms with E-state index in [4.69, 9.17) is 16.3 Å². The summed E-state index contributed by atoms with van der Waals surface area (Å²) >= 11 is 5.82. The van der Waals surface area contributed by atoms with Crippen LogP contribution in [0.25, 0.3) is 0 Å². The minimum atomic E-state index is -0.662. The van der Waals surface area contributed by atoms with Crippen molar-refractivity contribution in [2.45, 2.75) is 26.3 Å². The number of halogens is 1. The predicted octanol–water partition coefficient (Wildman–Crippen LogP) is 2.42. The van der Waals surface area contributed by atoms with E-state index in [2.05, 4.69) is 10.1 Å². The van der Waals surface area contributed by atoms with Crippen molar-refractivity contribution >= 4 is 23.5 Å². The van der Waals surface area contributed by atoms with Crippen LogP contribution in [0.1, 0.15) is 20.3 Å². The Morgan fingerprint density at radius 1 is 1.33 bits per heavy atom. The highest BCUT2D eigenvalue weighted by molar-refractivity contribution is 6.30. The fourth-order valence-corrected chi connectivity index (χ4v) is 1.95. The van der Waals surface area contributed by atoms with Crippen molar-refractivity contribution in [3.63, 3.8) is 0 Å². The summed E-state index contributed by atoms with van der Waals surface area (Å²) in [6.07, 6.45) is 0.510. The molecular formula is C15H20ClNO4. The summed E-state index contributed by atoms with van der Waals surface area (Å²) in [5, 5.41) is 3.14. The molecule has 1 atom stereocenters. The predicted molar refractivity (Wildman–Crippen MR) is 80.3 cm³/mol. The minimum Gasteiger partial charge on any atom is -0.484 e. The first-order valence-electron chi connectivity index (χ1n) is 6.68. The number of hydrogen-bond acceptors (Lipinski definition) is 4. The molecule has 0 heterocycles. The van der Waals surface area contributed by atoms with Crippen molar-refractivity contribution in [1.82, 2.24) is 5.32 Å². The summed E-state index contributed by atoms with van der Waals surface area (Å²) < 4.78 is 10.00. The third-order valence-corrected chi connectivity index (χ3v) is 2.93. The van der Waals surface area contributed by atoms with Gasteiger partial charge in [-0.2, -0.15) is 0 Å².